The van der Waals surface area contributed by atoms with Gasteiger partial charge in [-0.3, -0.25) is 0 Å². The molecular formula is C15H20O. The van der Waals surface area contributed by atoms with Crippen molar-refractivity contribution in [1.29, 1.82) is 0 Å². The molecule has 0 fully saturated rings. The number of allylic oxidation sites excluding steroid dienone is 2. The van der Waals surface area contributed by atoms with Crippen LogP contribution in [0.25, 0.3) is 0 Å². The van der Waals surface area contributed by atoms with Crippen molar-refractivity contribution in [3.8, 4) is 0 Å². The largest absolute Gasteiger partial charge is 0.388 e. The van der Waals surface area contributed by atoms with Gasteiger partial charge in [-0.2, -0.15) is 0 Å². The van der Waals surface area contributed by atoms with Crippen LogP contribution in [0.2, 0.25) is 0 Å². The Kier molecular flexibility index (Phi) is 3.79. The highest BCUT2D eigenvalue weighted by molar-refractivity contribution is 5.24. The number of aliphatic hydroxyl groups is 1. The van der Waals surface area contributed by atoms with E-state index in [1.807, 2.05) is 0 Å². The molecule has 1 aromatic rings. The molecule has 2 unspecified atom stereocenters. The van der Waals surface area contributed by atoms with E-state index in [4.69, 9.17) is 0 Å². The molecule has 0 amide bonds. The predicted octanol–water partition coefficient (Wildman–Crippen LogP) is 3.64. The van der Waals surface area contributed by atoms with Crippen LogP contribution < -0.4 is 0 Å². The number of benzene rings is 1. The van der Waals surface area contributed by atoms with Gasteiger partial charge in [0.25, 0.3) is 0 Å². The van der Waals surface area contributed by atoms with Gasteiger partial charge in [-0.25, -0.2) is 0 Å². The van der Waals surface area contributed by atoms with Gasteiger partial charge >= 0.3 is 0 Å². The van der Waals surface area contributed by atoms with E-state index < -0.39 is 0 Å². The molecule has 0 saturated carbocycles. The topological polar surface area (TPSA) is 20.2 Å². The van der Waals surface area contributed by atoms with E-state index in [1.165, 1.54) is 5.56 Å². The van der Waals surface area contributed by atoms with Crippen LogP contribution in [-0.4, -0.2) is 5.11 Å². The van der Waals surface area contributed by atoms with Gasteiger partial charge in [0.05, 0.1) is 6.10 Å². The number of rotatable bonds is 3. The SMILES string of the molecule is CCc1ccc(C(O)C2CC=CCC2)cc1. The Morgan fingerprint density at radius 1 is 1.25 bits per heavy atom. The van der Waals surface area contributed by atoms with Crippen molar-refractivity contribution < 1.29 is 5.11 Å². The molecule has 0 saturated heterocycles. The van der Waals surface area contributed by atoms with Crippen LogP contribution in [0.5, 0.6) is 0 Å². The number of hydrogen-bond donors (Lipinski definition) is 1. The molecule has 0 heterocycles. The smallest absolute Gasteiger partial charge is 0.0821 e. The molecule has 2 rings (SSSR count). The van der Waals surface area contributed by atoms with Gasteiger partial charge in [-0.1, -0.05) is 43.3 Å². The van der Waals surface area contributed by atoms with Gasteiger partial charge in [0.1, 0.15) is 0 Å². The Labute approximate surface area is 97.8 Å². The van der Waals surface area contributed by atoms with E-state index >= 15 is 0 Å². The monoisotopic (exact) mass is 216 g/mol. The van der Waals surface area contributed by atoms with Crippen LogP contribution >= 0.6 is 0 Å². The third kappa shape index (κ3) is 2.53. The van der Waals surface area contributed by atoms with Crippen LogP contribution in [0.4, 0.5) is 0 Å². The molecule has 1 nitrogen and oxygen atoms in total. The second-order valence-corrected chi connectivity index (χ2v) is 4.58. The molecule has 1 aliphatic carbocycles. The lowest BCUT2D eigenvalue weighted by atomic mass is 9.86. The van der Waals surface area contributed by atoms with E-state index in [2.05, 4.69) is 43.3 Å². The lowest BCUT2D eigenvalue weighted by Crippen LogP contribution is -2.13. The van der Waals surface area contributed by atoms with Crippen molar-refractivity contribution in [3.05, 3.63) is 47.5 Å². The van der Waals surface area contributed by atoms with Gasteiger partial charge in [0.15, 0.2) is 0 Å². The van der Waals surface area contributed by atoms with Crippen LogP contribution in [0.3, 0.4) is 0 Å². The highest BCUT2D eigenvalue weighted by Crippen LogP contribution is 2.31. The van der Waals surface area contributed by atoms with Gasteiger partial charge in [-0.15, -0.1) is 0 Å². The Bertz CT molecular complexity index is 350. The van der Waals surface area contributed by atoms with E-state index in [0.717, 1.165) is 31.2 Å². The fourth-order valence-electron chi connectivity index (χ4n) is 2.33. The maximum absolute atomic E-state index is 10.3. The van der Waals surface area contributed by atoms with Crippen molar-refractivity contribution >= 4 is 0 Å². The van der Waals surface area contributed by atoms with Crippen LogP contribution in [0.1, 0.15) is 43.4 Å². The Morgan fingerprint density at radius 2 is 2.00 bits per heavy atom. The summed E-state index contributed by atoms with van der Waals surface area (Å²) in [5.41, 5.74) is 2.40. The summed E-state index contributed by atoms with van der Waals surface area (Å²) < 4.78 is 0. The second-order valence-electron chi connectivity index (χ2n) is 4.58. The zero-order valence-electron chi connectivity index (χ0n) is 9.89. The minimum absolute atomic E-state index is 0.296. The Morgan fingerprint density at radius 3 is 2.56 bits per heavy atom. The summed E-state index contributed by atoms with van der Waals surface area (Å²) in [7, 11) is 0. The molecule has 1 aliphatic rings. The third-order valence-corrected chi connectivity index (χ3v) is 3.49. The summed E-state index contributed by atoms with van der Waals surface area (Å²) in [6.07, 6.45) is 8.39. The molecule has 0 aromatic heterocycles. The van der Waals surface area contributed by atoms with E-state index in [1.54, 1.807) is 0 Å². The first kappa shape index (κ1) is 11.4. The average molecular weight is 216 g/mol. The molecule has 1 heteroatoms. The Balaban J connectivity index is 2.07. The third-order valence-electron chi connectivity index (χ3n) is 3.49. The quantitative estimate of drug-likeness (QED) is 0.765. The first-order chi connectivity index (χ1) is 7.81. The highest BCUT2D eigenvalue weighted by Gasteiger charge is 2.20. The molecular weight excluding hydrogens is 196 g/mol. The molecule has 0 spiro atoms. The zero-order chi connectivity index (χ0) is 11.4. The summed E-state index contributed by atoms with van der Waals surface area (Å²) in [6, 6.07) is 8.39. The van der Waals surface area contributed by atoms with Gasteiger partial charge in [-0.05, 0) is 42.7 Å². The van der Waals surface area contributed by atoms with Crippen molar-refractivity contribution in [2.45, 2.75) is 38.7 Å². The van der Waals surface area contributed by atoms with E-state index in [0.29, 0.717) is 5.92 Å². The van der Waals surface area contributed by atoms with Crippen LogP contribution in [0.15, 0.2) is 36.4 Å². The molecule has 86 valence electrons. The molecule has 0 aliphatic heterocycles. The summed E-state index contributed by atoms with van der Waals surface area (Å²) in [4.78, 5) is 0. The van der Waals surface area contributed by atoms with Gasteiger partial charge < -0.3 is 5.11 Å². The normalized spacial score (nSPS) is 22.0. The zero-order valence-corrected chi connectivity index (χ0v) is 9.89. The molecule has 0 bridgehead atoms. The second kappa shape index (κ2) is 5.31. The van der Waals surface area contributed by atoms with Crippen molar-refractivity contribution in [2.24, 2.45) is 5.92 Å². The number of aliphatic hydroxyl groups excluding tert-OH is 1. The average Bonchev–Trinajstić information content (AvgIpc) is 2.39. The first-order valence-corrected chi connectivity index (χ1v) is 6.23. The lowest BCUT2D eigenvalue weighted by molar-refractivity contribution is 0.102. The minimum atomic E-state index is -0.296. The van der Waals surface area contributed by atoms with Gasteiger partial charge in [0.2, 0.25) is 0 Å². The molecule has 16 heavy (non-hydrogen) atoms. The minimum Gasteiger partial charge on any atom is -0.388 e. The molecule has 1 N–H and O–H groups in total. The summed E-state index contributed by atoms with van der Waals surface area (Å²) in [5.74, 6) is 0.400. The summed E-state index contributed by atoms with van der Waals surface area (Å²) in [5, 5.41) is 10.3. The molecule has 1 aromatic carbocycles. The Hall–Kier alpha value is -1.08. The summed E-state index contributed by atoms with van der Waals surface area (Å²) >= 11 is 0. The number of aryl methyl sites for hydroxylation is 1. The van der Waals surface area contributed by atoms with E-state index in [9.17, 15) is 5.11 Å². The lowest BCUT2D eigenvalue weighted by Gasteiger charge is -2.24. The summed E-state index contributed by atoms with van der Waals surface area (Å²) in [6.45, 7) is 2.15. The van der Waals surface area contributed by atoms with Crippen LogP contribution in [-0.2, 0) is 6.42 Å². The van der Waals surface area contributed by atoms with Gasteiger partial charge in [0, 0.05) is 0 Å². The highest BCUT2D eigenvalue weighted by atomic mass is 16.3. The fraction of sp³-hybridized carbons (Fsp3) is 0.467. The van der Waals surface area contributed by atoms with Crippen molar-refractivity contribution in [1.82, 2.24) is 0 Å². The van der Waals surface area contributed by atoms with Crippen molar-refractivity contribution in [2.75, 3.05) is 0 Å². The maximum atomic E-state index is 10.3. The predicted molar refractivity (Wildman–Crippen MR) is 67.3 cm³/mol. The standard InChI is InChI=1S/C15H20O/c1-2-12-8-10-14(11-9-12)15(16)13-6-4-3-5-7-13/h3-4,8-11,13,15-16H,2,5-7H2,1H3. The molecule has 0 radical (unpaired) electrons. The van der Waals surface area contributed by atoms with Crippen molar-refractivity contribution in [3.63, 3.8) is 0 Å². The van der Waals surface area contributed by atoms with Crippen LogP contribution in [0, 0.1) is 5.92 Å². The fourth-order valence-corrected chi connectivity index (χ4v) is 2.33. The molecule has 2 atom stereocenters. The number of hydrogen-bond acceptors (Lipinski definition) is 1. The maximum Gasteiger partial charge on any atom is 0.0821 e. The first-order valence-electron chi connectivity index (χ1n) is 6.23. The van der Waals surface area contributed by atoms with E-state index in [-0.39, 0.29) is 6.10 Å².